The molecule has 0 aliphatic carbocycles. The van der Waals surface area contributed by atoms with Crippen molar-refractivity contribution in [3.63, 3.8) is 0 Å². The minimum Gasteiger partial charge on any atom is -0.398 e. The smallest absolute Gasteiger partial charge is 0.0741 e. The van der Waals surface area contributed by atoms with Crippen LogP contribution in [0.4, 0.5) is 5.69 Å². The molecule has 15 heavy (non-hydrogen) atoms. The van der Waals surface area contributed by atoms with Crippen molar-refractivity contribution in [3.05, 3.63) is 29.8 Å². The van der Waals surface area contributed by atoms with Gasteiger partial charge >= 0.3 is 0 Å². The molecule has 1 atom stereocenters. The standard InChI is InChI=1S/C12H20N2O/c1-3-12(2,15)9-14-8-10-6-4-5-7-11(10)13/h4-7,14-15H,3,8-9,13H2,1-2H3. The molecule has 4 N–H and O–H groups in total. The Morgan fingerprint density at radius 3 is 2.67 bits per heavy atom. The largest absolute Gasteiger partial charge is 0.398 e. The average Bonchev–Trinajstić information content (AvgIpc) is 2.21. The molecule has 0 bridgehead atoms. The van der Waals surface area contributed by atoms with Gasteiger partial charge in [0, 0.05) is 18.8 Å². The second kappa shape index (κ2) is 5.14. The molecule has 0 amide bonds. The maximum absolute atomic E-state index is 9.78. The molecule has 0 radical (unpaired) electrons. The van der Waals surface area contributed by atoms with Gasteiger partial charge in [-0.15, -0.1) is 0 Å². The highest BCUT2D eigenvalue weighted by Gasteiger charge is 2.16. The molecule has 3 heteroatoms. The summed E-state index contributed by atoms with van der Waals surface area (Å²) < 4.78 is 0. The van der Waals surface area contributed by atoms with E-state index < -0.39 is 5.60 Å². The molecule has 1 unspecified atom stereocenters. The molecule has 0 aromatic heterocycles. The molecule has 0 saturated heterocycles. The SMILES string of the molecule is CCC(C)(O)CNCc1ccccc1N. The number of aliphatic hydroxyl groups is 1. The summed E-state index contributed by atoms with van der Waals surface area (Å²) in [6, 6.07) is 7.75. The summed E-state index contributed by atoms with van der Waals surface area (Å²) in [5, 5.41) is 13.0. The zero-order valence-electron chi connectivity index (χ0n) is 9.46. The van der Waals surface area contributed by atoms with E-state index >= 15 is 0 Å². The Morgan fingerprint density at radius 2 is 2.07 bits per heavy atom. The van der Waals surface area contributed by atoms with Crippen LogP contribution in [0.15, 0.2) is 24.3 Å². The third-order valence-electron chi connectivity index (χ3n) is 2.64. The van der Waals surface area contributed by atoms with Gasteiger partial charge in [0.25, 0.3) is 0 Å². The molecule has 84 valence electrons. The molecule has 0 spiro atoms. The lowest BCUT2D eigenvalue weighted by molar-refractivity contribution is 0.0556. The Balaban J connectivity index is 2.42. The third kappa shape index (κ3) is 3.90. The fourth-order valence-electron chi connectivity index (χ4n) is 1.29. The maximum Gasteiger partial charge on any atom is 0.0741 e. The van der Waals surface area contributed by atoms with E-state index in [0.29, 0.717) is 13.1 Å². The predicted octanol–water partition coefficient (Wildman–Crippen LogP) is 1.52. The summed E-state index contributed by atoms with van der Waals surface area (Å²) in [4.78, 5) is 0. The minimum atomic E-state index is -0.635. The van der Waals surface area contributed by atoms with Crippen LogP contribution in [0.5, 0.6) is 0 Å². The highest BCUT2D eigenvalue weighted by atomic mass is 16.3. The van der Waals surface area contributed by atoms with Crippen molar-refractivity contribution >= 4 is 5.69 Å². The molecule has 0 heterocycles. The Morgan fingerprint density at radius 1 is 1.40 bits per heavy atom. The van der Waals surface area contributed by atoms with E-state index in [-0.39, 0.29) is 0 Å². The summed E-state index contributed by atoms with van der Waals surface area (Å²) in [5.41, 5.74) is 7.03. The van der Waals surface area contributed by atoms with Gasteiger partial charge in [-0.25, -0.2) is 0 Å². The van der Waals surface area contributed by atoms with Gasteiger partial charge in [0.15, 0.2) is 0 Å². The van der Waals surface area contributed by atoms with Crippen LogP contribution in [-0.4, -0.2) is 17.3 Å². The zero-order valence-corrected chi connectivity index (χ0v) is 9.46. The highest BCUT2D eigenvalue weighted by molar-refractivity contribution is 5.46. The van der Waals surface area contributed by atoms with E-state index in [9.17, 15) is 5.11 Å². The zero-order chi connectivity index (χ0) is 11.3. The topological polar surface area (TPSA) is 58.3 Å². The molecule has 1 rings (SSSR count). The van der Waals surface area contributed by atoms with E-state index in [2.05, 4.69) is 5.32 Å². The average molecular weight is 208 g/mol. The number of nitrogens with two attached hydrogens (primary N) is 1. The molecule has 1 aromatic rings. The molecule has 0 saturated carbocycles. The highest BCUT2D eigenvalue weighted by Crippen LogP contribution is 2.11. The first-order valence-electron chi connectivity index (χ1n) is 5.31. The number of hydrogen-bond acceptors (Lipinski definition) is 3. The number of para-hydroxylation sites is 1. The van der Waals surface area contributed by atoms with Gasteiger partial charge in [0.2, 0.25) is 0 Å². The van der Waals surface area contributed by atoms with Crippen LogP contribution in [0.1, 0.15) is 25.8 Å². The lowest BCUT2D eigenvalue weighted by Gasteiger charge is -2.21. The van der Waals surface area contributed by atoms with Crippen LogP contribution in [0.25, 0.3) is 0 Å². The summed E-state index contributed by atoms with van der Waals surface area (Å²) in [6.07, 6.45) is 0.740. The van der Waals surface area contributed by atoms with Gasteiger partial charge in [0.05, 0.1) is 5.60 Å². The van der Waals surface area contributed by atoms with E-state index in [1.807, 2.05) is 38.1 Å². The summed E-state index contributed by atoms with van der Waals surface area (Å²) in [5.74, 6) is 0. The lowest BCUT2D eigenvalue weighted by atomic mass is 10.0. The number of nitrogen functional groups attached to an aromatic ring is 1. The van der Waals surface area contributed by atoms with Crippen LogP contribution in [0.3, 0.4) is 0 Å². The molecule has 0 aliphatic heterocycles. The van der Waals surface area contributed by atoms with Gasteiger partial charge in [-0.3, -0.25) is 0 Å². The first-order chi connectivity index (χ1) is 7.05. The predicted molar refractivity (Wildman–Crippen MR) is 63.5 cm³/mol. The molecule has 0 fully saturated rings. The van der Waals surface area contributed by atoms with Crippen molar-refractivity contribution in [2.45, 2.75) is 32.4 Å². The normalized spacial score (nSPS) is 14.9. The first-order valence-corrected chi connectivity index (χ1v) is 5.31. The Kier molecular flexibility index (Phi) is 4.12. The molecular weight excluding hydrogens is 188 g/mol. The minimum absolute atomic E-state index is 0.581. The quantitative estimate of drug-likeness (QED) is 0.643. The number of rotatable bonds is 5. The second-order valence-electron chi connectivity index (χ2n) is 4.15. The van der Waals surface area contributed by atoms with E-state index in [1.165, 1.54) is 0 Å². The van der Waals surface area contributed by atoms with Crippen LogP contribution in [-0.2, 0) is 6.54 Å². The Bertz CT molecular complexity index is 310. The Hall–Kier alpha value is -1.06. The number of nitrogens with one attached hydrogen (secondary N) is 1. The van der Waals surface area contributed by atoms with Crippen LogP contribution < -0.4 is 11.1 Å². The molecular formula is C12H20N2O. The summed E-state index contributed by atoms with van der Waals surface area (Å²) in [7, 11) is 0. The Labute approximate surface area is 91.3 Å². The van der Waals surface area contributed by atoms with Crippen molar-refractivity contribution in [3.8, 4) is 0 Å². The van der Waals surface area contributed by atoms with E-state index in [4.69, 9.17) is 5.73 Å². The van der Waals surface area contributed by atoms with Crippen molar-refractivity contribution < 1.29 is 5.11 Å². The van der Waals surface area contributed by atoms with Crippen LogP contribution in [0.2, 0.25) is 0 Å². The number of hydrogen-bond donors (Lipinski definition) is 3. The number of anilines is 1. The monoisotopic (exact) mass is 208 g/mol. The molecule has 0 aliphatic rings. The maximum atomic E-state index is 9.78. The lowest BCUT2D eigenvalue weighted by Crippen LogP contribution is -2.36. The first kappa shape index (κ1) is 12.0. The summed E-state index contributed by atoms with van der Waals surface area (Å²) in [6.45, 7) is 5.08. The molecule has 1 aromatic carbocycles. The van der Waals surface area contributed by atoms with Gasteiger partial charge in [0.1, 0.15) is 0 Å². The van der Waals surface area contributed by atoms with Crippen molar-refractivity contribution in [1.29, 1.82) is 0 Å². The molecule has 3 nitrogen and oxygen atoms in total. The van der Waals surface area contributed by atoms with Gasteiger partial charge in [-0.05, 0) is 25.0 Å². The van der Waals surface area contributed by atoms with E-state index in [1.54, 1.807) is 0 Å². The van der Waals surface area contributed by atoms with Gasteiger partial charge in [-0.1, -0.05) is 25.1 Å². The van der Waals surface area contributed by atoms with E-state index in [0.717, 1.165) is 17.7 Å². The van der Waals surface area contributed by atoms with Crippen molar-refractivity contribution in [2.24, 2.45) is 0 Å². The van der Waals surface area contributed by atoms with Gasteiger partial charge < -0.3 is 16.2 Å². The van der Waals surface area contributed by atoms with Crippen LogP contribution >= 0.6 is 0 Å². The van der Waals surface area contributed by atoms with Gasteiger partial charge in [-0.2, -0.15) is 0 Å². The fraction of sp³-hybridized carbons (Fsp3) is 0.500. The third-order valence-corrected chi connectivity index (χ3v) is 2.64. The fourth-order valence-corrected chi connectivity index (χ4v) is 1.29. The van der Waals surface area contributed by atoms with Crippen molar-refractivity contribution in [2.75, 3.05) is 12.3 Å². The van der Waals surface area contributed by atoms with Crippen molar-refractivity contribution in [1.82, 2.24) is 5.32 Å². The van der Waals surface area contributed by atoms with Crippen LogP contribution in [0, 0.1) is 0 Å². The second-order valence-corrected chi connectivity index (χ2v) is 4.15. The summed E-state index contributed by atoms with van der Waals surface area (Å²) >= 11 is 0. The number of benzene rings is 1.